The van der Waals surface area contributed by atoms with Gasteiger partial charge in [0.15, 0.2) is 0 Å². The summed E-state index contributed by atoms with van der Waals surface area (Å²) in [7, 11) is 0. The van der Waals surface area contributed by atoms with Crippen molar-refractivity contribution in [3.8, 4) is 0 Å². The Hall–Kier alpha value is -2.17. The van der Waals surface area contributed by atoms with E-state index in [2.05, 4.69) is 17.0 Å². The predicted octanol–water partition coefficient (Wildman–Crippen LogP) is 3.42. The van der Waals surface area contributed by atoms with Crippen molar-refractivity contribution in [1.29, 1.82) is 0 Å². The Bertz CT molecular complexity index is 672. The second-order valence-corrected chi connectivity index (χ2v) is 6.40. The summed E-state index contributed by atoms with van der Waals surface area (Å²) >= 11 is 0. The van der Waals surface area contributed by atoms with Gasteiger partial charge in [0, 0.05) is 13.1 Å². The molecule has 24 heavy (non-hydrogen) atoms. The Kier molecular flexibility index (Phi) is 5.62. The highest BCUT2D eigenvalue weighted by molar-refractivity contribution is 5.87. The molecule has 0 bridgehead atoms. The first kappa shape index (κ1) is 16.7. The summed E-state index contributed by atoms with van der Waals surface area (Å²) in [5.41, 5.74) is 2.62. The van der Waals surface area contributed by atoms with Crippen LogP contribution in [-0.4, -0.2) is 35.7 Å². The molecule has 2 aromatic rings. The molecule has 0 spiro atoms. The van der Waals surface area contributed by atoms with Gasteiger partial charge in [-0.05, 0) is 42.1 Å². The Labute approximate surface area is 142 Å². The SMILES string of the molecule is O=C(O)c1cccc(CN2CCC(COCc3ccccc3)C2)c1. The first-order valence-electron chi connectivity index (χ1n) is 8.37. The number of rotatable bonds is 7. The zero-order valence-electron chi connectivity index (χ0n) is 13.7. The number of nitrogens with zero attached hydrogens (tertiary/aromatic N) is 1. The van der Waals surface area contributed by atoms with Crippen molar-refractivity contribution in [3.63, 3.8) is 0 Å². The molecule has 1 fully saturated rings. The van der Waals surface area contributed by atoms with Gasteiger partial charge in [0.1, 0.15) is 0 Å². The number of benzene rings is 2. The topological polar surface area (TPSA) is 49.8 Å². The molecule has 1 saturated heterocycles. The Morgan fingerprint density at radius 2 is 1.92 bits per heavy atom. The number of carboxylic acids is 1. The maximum atomic E-state index is 11.0. The van der Waals surface area contributed by atoms with E-state index in [1.165, 1.54) is 5.56 Å². The van der Waals surface area contributed by atoms with Gasteiger partial charge in [-0.25, -0.2) is 4.79 Å². The van der Waals surface area contributed by atoms with Crippen LogP contribution in [0.2, 0.25) is 0 Å². The zero-order valence-corrected chi connectivity index (χ0v) is 13.7. The number of carboxylic acid groups (broad SMARTS) is 1. The fraction of sp³-hybridized carbons (Fsp3) is 0.350. The molecule has 1 heterocycles. The molecule has 3 rings (SSSR count). The molecule has 0 aliphatic carbocycles. The summed E-state index contributed by atoms with van der Waals surface area (Å²) in [6, 6.07) is 17.4. The minimum absolute atomic E-state index is 0.356. The highest BCUT2D eigenvalue weighted by Crippen LogP contribution is 2.20. The number of hydrogen-bond donors (Lipinski definition) is 1. The molecule has 1 aliphatic heterocycles. The van der Waals surface area contributed by atoms with E-state index in [0.29, 0.717) is 18.1 Å². The van der Waals surface area contributed by atoms with Gasteiger partial charge in [0.25, 0.3) is 0 Å². The molecule has 1 N–H and O–H groups in total. The smallest absolute Gasteiger partial charge is 0.335 e. The Balaban J connectivity index is 1.44. The van der Waals surface area contributed by atoms with Gasteiger partial charge in [0.05, 0.1) is 18.8 Å². The summed E-state index contributed by atoms with van der Waals surface area (Å²) in [5, 5.41) is 9.07. The molecular formula is C20H23NO3. The van der Waals surface area contributed by atoms with E-state index in [-0.39, 0.29) is 0 Å². The lowest BCUT2D eigenvalue weighted by molar-refractivity contribution is 0.0696. The van der Waals surface area contributed by atoms with Gasteiger partial charge in [-0.1, -0.05) is 42.5 Å². The van der Waals surface area contributed by atoms with Crippen LogP contribution < -0.4 is 0 Å². The fourth-order valence-electron chi connectivity index (χ4n) is 3.17. The normalized spacial score (nSPS) is 17.9. The highest BCUT2D eigenvalue weighted by atomic mass is 16.5. The Morgan fingerprint density at radius 1 is 1.12 bits per heavy atom. The second kappa shape index (κ2) is 8.08. The van der Waals surface area contributed by atoms with Crippen LogP contribution in [0.4, 0.5) is 0 Å². The van der Waals surface area contributed by atoms with E-state index in [1.807, 2.05) is 30.3 Å². The average Bonchev–Trinajstić information content (AvgIpc) is 3.03. The molecule has 1 atom stereocenters. The van der Waals surface area contributed by atoms with Gasteiger partial charge in [-0.15, -0.1) is 0 Å². The number of carbonyl (C=O) groups is 1. The quantitative estimate of drug-likeness (QED) is 0.847. The second-order valence-electron chi connectivity index (χ2n) is 6.40. The van der Waals surface area contributed by atoms with Crippen LogP contribution in [-0.2, 0) is 17.9 Å². The summed E-state index contributed by atoms with van der Waals surface area (Å²) in [5.74, 6) is -0.318. The zero-order chi connectivity index (χ0) is 16.8. The molecule has 0 radical (unpaired) electrons. The minimum atomic E-state index is -0.870. The lowest BCUT2D eigenvalue weighted by Gasteiger charge is -2.16. The first-order valence-corrected chi connectivity index (χ1v) is 8.37. The van der Waals surface area contributed by atoms with E-state index in [1.54, 1.807) is 12.1 Å². The summed E-state index contributed by atoms with van der Waals surface area (Å²) in [6.45, 7) is 4.29. The molecular weight excluding hydrogens is 302 g/mol. The van der Waals surface area contributed by atoms with Gasteiger partial charge < -0.3 is 9.84 Å². The van der Waals surface area contributed by atoms with E-state index >= 15 is 0 Å². The molecule has 4 heteroatoms. The van der Waals surface area contributed by atoms with Crippen LogP contribution >= 0.6 is 0 Å². The van der Waals surface area contributed by atoms with Crippen LogP contribution in [0.1, 0.15) is 27.9 Å². The number of likely N-dealkylation sites (tertiary alicyclic amines) is 1. The fourth-order valence-corrected chi connectivity index (χ4v) is 3.17. The summed E-state index contributed by atoms with van der Waals surface area (Å²) in [6.07, 6.45) is 1.13. The van der Waals surface area contributed by atoms with Crippen LogP contribution in [0.5, 0.6) is 0 Å². The number of aromatic carboxylic acids is 1. The average molecular weight is 325 g/mol. The van der Waals surface area contributed by atoms with Gasteiger partial charge in [0.2, 0.25) is 0 Å². The summed E-state index contributed by atoms with van der Waals surface area (Å²) in [4.78, 5) is 13.4. The maximum Gasteiger partial charge on any atom is 0.335 e. The standard InChI is InChI=1S/C20H23NO3/c22-20(23)19-8-4-7-17(11-19)12-21-10-9-18(13-21)15-24-14-16-5-2-1-3-6-16/h1-8,11,18H,9-10,12-15H2,(H,22,23). The van der Waals surface area contributed by atoms with Crippen LogP contribution in [0.3, 0.4) is 0 Å². The number of hydrogen-bond acceptors (Lipinski definition) is 3. The molecule has 0 saturated carbocycles. The van der Waals surface area contributed by atoms with Crippen molar-refractivity contribution in [2.45, 2.75) is 19.6 Å². The monoisotopic (exact) mass is 325 g/mol. The molecule has 0 amide bonds. The minimum Gasteiger partial charge on any atom is -0.478 e. The van der Waals surface area contributed by atoms with E-state index in [9.17, 15) is 4.79 Å². The van der Waals surface area contributed by atoms with Crippen molar-refractivity contribution >= 4 is 5.97 Å². The predicted molar refractivity (Wildman–Crippen MR) is 92.9 cm³/mol. The Morgan fingerprint density at radius 3 is 2.71 bits per heavy atom. The lowest BCUT2D eigenvalue weighted by atomic mass is 10.1. The molecule has 4 nitrogen and oxygen atoms in total. The first-order chi connectivity index (χ1) is 11.7. The number of ether oxygens (including phenoxy) is 1. The van der Waals surface area contributed by atoms with Gasteiger partial charge >= 0.3 is 5.97 Å². The van der Waals surface area contributed by atoms with E-state index in [4.69, 9.17) is 9.84 Å². The molecule has 2 aromatic carbocycles. The van der Waals surface area contributed by atoms with Crippen molar-refractivity contribution in [2.24, 2.45) is 5.92 Å². The third-order valence-electron chi connectivity index (χ3n) is 4.42. The van der Waals surface area contributed by atoms with E-state index < -0.39 is 5.97 Å². The molecule has 126 valence electrons. The van der Waals surface area contributed by atoms with Crippen LogP contribution in [0, 0.1) is 5.92 Å². The van der Waals surface area contributed by atoms with Crippen molar-refractivity contribution in [1.82, 2.24) is 4.90 Å². The van der Waals surface area contributed by atoms with Crippen molar-refractivity contribution in [3.05, 3.63) is 71.3 Å². The third kappa shape index (κ3) is 4.66. The van der Waals surface area contributed by atoms with E-state index in [0.717, 1.165) is 38.2 Å². The highest BCUT2D eigenvalue weighted by Gasteiger charge is 2.22. The third-order valence-corrected chi connectivity index (χ3v) is 4.42. The maximum absolute atomic E-state index is 11.0. The van der Waals surface area contributed by atoms with Crippen molar-refractivity contribution < 1.29 is 14.6 Å². The summed E-state index contributed by atoms with van der Waals surface area (Å²) < 4.78 is 5.85. The van der Waals surface area contributed by atoms with Gasteiger partial charge in [-0.2, -0.15) is 0 Å². The van der Waals surface area contributed by atoms with Gasteiger partial charge in [-0.3, -0.25) is 4.90 Å². The largest absolute Gasteiger partial charge is 0.478 e. The van der Waals surface area contributed by atoms with Crippen molar-refractivity contribution in [2.75, 3.05) is 19.7 Å². The molecule has 1 aliphatic rings. The lowest BCUT2D eigenvalue weighted by Crippen LogP contribution is -2.21. The van der Waals surface area contributed by atoms with Crippen LogP contribution in [0.25, 0.3) is 0 Å². The molecule has 1 unspecified atom stereocenters. The van der Waals surface area contributed by atoms with Crippen LogP contribution in [0.15, 0.2) is 54.6 Å². The molecule has 0 aromatic heterocycles.